The number of carbonyl (C=O) groups excluding carboxylic acids is 2. The first-order valence-electron chi connectivity index (χ1n) is 10.5. The van der Waals surface area contributed by atoms with Crippen LogP contribution in [0.1, 0.15) is 45.4 Å². The molecule has 6 rings (SSSR count). The molecule has 0 saturated heterocycles. The molecule has 0 aliphatic heterocycles. The number of aromatic nitrogens is 2. The highest BCUT2D eigenvalue weighted by Gasteiger charge is 2.51. The fraction of sp³-hybridized carbons (Fsp3) is 0.545. The number of nitrogens with zero attached hydrogens (tertiary/aromatic N) is 2. The van der Waals surface area contributed by atoms with E-state index in [1.54, 1.807) is 6.92 Å². The van der Waals surface area contributed by atoms with E-state index in [1.165, 1.54) is 37.4 Å². The largest absolute Gasteiger partial charge is 0.332 e. The predicted molar refractivity (Wildman–Crippen MR) is 112 cm³/mol. The second-order valence-corrected chi connectivity index (χ2v) is 10.4. The number of rotatable bonds is 4. The lowest BCUT2D eigenvalue weighted by Crippen LogP contribution is -2.62. The molecule has 4 bridgehead atoms. The summed E-state index contributed by atoms with van der Waals surface area (Å²) >= 11 is 1.35. The van der Waals surface area contributed by atoms with Crippen LogP contribution in [0.15, 0.2) is 35.6 Å². The number of nitrogens with one attached hydrogen (secondary N) is 2. The molecule has 1 heterocycles. The number of hydrogen-bond donors (Lipinski definition) is 2. The minimum Gasteiger partial charge on any atom is -0.332 e. The Labute approximate surface area is 174 Å². The SMILES string of the molecule is CC(Sc1ncnc2ccccc12)C(=O)NC(=O)NC12CC3CC(CC(C3)C1)C2. The Kier molecular flexibility index (Phi) is 4.73. The Morgan fingerprint density at radius 1 is 1.07 bits per heavy atom. The Bertz CT molecular complexity index is 922. The fourth-order valence-electron chi connectivity index (χ4n) is 6.04. The summed E-state index contributed by atoms with van der Waals surface area (Å²) in [6.45, 7) is 1.80. The van der Waals surface area contributed by atoms with Crippen LogP contribution in [0.5, 0.6) is 0 Å². The highest BCUT2D eigenvalue weighted by Crippen LogP contribution is 2.55. The summed E-state index contributed by atoms with van der Waals surface area (Å²) in [5, 5.41) is 7.00. The Morgan fingerprint density at radius 2 is 1.72 bits per heavy atom. The summed E-state index contributed by atoms with van der Waals surface area (Å²) in [5.74, 6) is 1.95. The van der Waals surface area contributed by atoms with E-state index < -0.39 is 5.25 Å². The molecular weight excluding hydrogens is 384 g/mol. The van der Waals surface area contributed by atoms with Crippen LogP contribution in [-0.4, -0.2) is 32.7 Å². The summed E-state index contributed by atoms with van der Waals surface area (Å²) in [7, 11) is 0. The van der Waals surface area contributed by atoms with Gasteiger partial charge in [0.2, 0.25) is 5.91 Å². The Hall–Kier alpha value is -2.15. The fourth-order valence-corrected chi connectivity index (χ4v) is 6.95. The van der Waals surface area contributed by atoms with Crippen molar-refractivity contribution in [1.29, 1.82) is 0 Å². The number of amides is 3. The van der Waals surface area contributed by atoms with Crippen LogP contribution in [-0.2, 0) is 4.79 Å². The Morgan fingerprint density at radius 3 is 2.41 bits per heavy atom. The molecule has 1 atom stereocenters. The summed E-state index contributed by atoms with van der Waals surface area (Å²) in [4.78, 5) is 33.9. The van der Waals surface area contributed by atoms with Gasteiger partial charge in [0.15, 0.2) is 0 Å². The van der Waals surface area contributed by atoms with Crippen LogP contribution >= 0.6 is 11.8 Å². The highest BCUT2D eigenvalue weighted by atomic mass is 32.2. The van der Waals surface area contributed by atoms with Gasteiger partial charge in [0.1, 0.15) is 11.4 Å². The zero-order chi connectivity index (χ0) is 20.0. The van der Waals surface area contributed by atoms with Gasteiger partial charge < -0.3 is 5.32 Å². The van der Waals surface area contributed by atoms with Gasteiger partial charge in [-0.15, -0.1) is 0 Å². The molecule has 4 aliphatic rings. The lowest BCUT2D eigenvalue weighted by molar-refractivity contribution is -0.119. The third kappa shape index (κ3) is 3.72. The molecule has 4 saturated carbocycles. The number of benzene rings is 1. The van der Waals surface area contributed by atoms with Gasteiger partial charge in [0.05, 0.1) is 10.8 Å². The van der Waals surface area contributed by atoms with E-state index in [-0.39, 0.29) is 17.5 Å². The standard InChI is InChI=1S/C22H26N4O2S/c1-13(29-20-17-4-2-3-5-18(17)23-12-24-20)19(27)25-21(28)26-22-9-14-6-15(10-22)8-16(7-14)11-22/h2-5,12-16H,6-11H2,1H3,(H2,25,26,27,28). The van der Waals surface area contributed by atoms with E-state index in [0.29, 0.717) is 0 Å². The zero-order valence-electron chi connectivity index (χ0n) is 16.6. The van der Waals surface area contributed by atoms with E-state index in [9.17, 15) is 9.59 Å². The first kappa shape index (κ1) is 18.9. The van der Waals surface area contributed by atoms with Crippen LogP contribution in [0.2, 0.25) is 0 Å². The topological polar surface area (TPSA) is 84.0 Å². The van der Waals surface area contributed by atoms with Crippen molar-refractivity contribution in [3.63, 3.8) is 0 Å². The molecule has 1 aromatic carbocycles. The second kappa shape index (κ2) is 7.27. The molecule has 0 spiro atoms. The number of para-hydroxylation sites is 1. The molecule has 4 fully saturated rings. The molecule has 4 aliphatic carbocycles. The summed E-state index contributed by atoms with van der Waals surface area (Å²) in [6, 6.07) is 7.37. The van der Waals surface area contributed by atoms with Crippen molar-refractivity contribution in [2.75, 3.05) is 0 Å². The van der Waals surface area contributed by atoms with Crippen molar-refractivity contribution in [3.05, 3.63) is 30.6 Å². The van der Waals surface area contributed by atoms with Gasteiger partial charge in [-0.1, -0.05) is 30.0 Å². The van der Waals surface area contributed by atoms with Crippen molar-refractivity contribution in [3.8, 4) is 0 Å². The van der Waals surface area contributed by atoms with Crippen molar-refractivity contribution < 1.29 is 9.59 Å². The van der Waals surface area contributed by atoms with Gasteiger partial charge >= 0.3 is 6.03 Å². The molecule has 0 radical (unpaired) electrons. The smallest absolute Gasteiger partial charge is 0.321 e. The van der Waals surface area contributed by atoms with Crippen LogP contribution < -0.4 is 10.6 Å². The lowest BCUT2D eigenvalue weighted by atomic mass is 9.53. The van der Waals surface area contributed by atoms with Crippen molar-refractivity contribution >= 4 is 34.6 Å². The van der Waals surface area contributed by atoms with E-state index in [0.717, 1.165) is 52.9 Å². The quantitative estimate of drug-likeness (QED) is 0.590. The van der Waals surface area contributed by atoms with E-state index in [1.807, 2.05) is 24.3 Å². The molecule has 7 heteroatoms. The minimum atomic E-state index is -0.435. The maximum atomic E-state index is 12.6. The van der Waals surface area contributed by atoms with Crippen molar-refractivity contribution in [1.82, 2.24) is 20.6 Å². The van der Waals surface area contributed by atoms with Crippen molar-refractivity contribution in [2.24, 2.45) is 17.8 Å². The first-order chi connectivity index (χ1) is 14.0. The third-order valence-electron chi connectivity index (χ3n) is 6.82. The second-order valence-electron chi connectivity index (χ2n) is 9.10. The van der Waals surface area contributed by atoms with Gasteiger partial charge in [0.25, 0.3) is 0 Å². The first-order valence-corrected chi connectivity index (χ1v) is 11.4. The third-order valence-corrected chi connectivity index (χ3v) is 7.93. The normalized spacial score (nSPS) is 30.9. The highest BCUT2D eigenvalue weighted by molar-refractivity contribution is 8.00. The van der Waals surface area contributed by atoms with E-state index in [2.05, 4.69) is 20.6 Å². The molecule has 2 aromatic rings. The molecule has 29 heavy (non-hydrogen) atoms. The molecule has 3 amide bonds. The maximum absolute atomic E-state index is 12.6. The van der Waals surface area contributed by atoms with Crippen LogP contribution in [0.25, 0.3) is 10.9 Å². The monoisotopic (exact) mass is 410 g/mol. The zero-order valence-corrected chi connectivity index (χ0v) is 17.4. The van der Waals surface area contributed by atoms with Gasteiger partial charge in [-0.25, -0.2) is 14.8 Å². The summed E-state index contributed by atoms with van der Waals surface area (Å²) in [5.41, 5.74) is 0.746. The molecule has 2 N–H and O–H groups in total. The van der Waals surface area contributed by atoms with Gasteiger partial charge in [-0.3, -0.25) is 10.1 Å². The maximum Gasteiger partial charge on any atom is 0.321 e. The van der Waals surface area contributed by atoms with Gasteiger partial charge in [-0.05, 0) is 69.3 Å². The number of hydrogen-bond acceptors (Lipinski definition) is 5. The summed E-state index contributed by atoms with van der Waals surface area (Å²) < 4.78 is 0. The molecule has 1 aromatic heterocycles. The predicted octanol–water partition coefficient (Wildman–Crippen LogP) is 3.91. The number of urea groups is 1. The van der Waals surface area contributed by atoms with Crippen LogP contribution in [0, 0.1) is 17.8 Å². The average molecular weight is 411 g/mol. The molecule has 6 nitrogen and oxygen atoms in total. The molecular formula is C22H26N4O2S. The number of carbonyl (C=O) groups is 2. The van der Waals surface area contributed by atoms with Gasteiger partial charge in [0, 0.05) is 10.9 Å². The number of fused-ring (bicyclic) bond motifs is 1. The molecule has 1 unspecified atom stereocenters. The number of thioether (sulfide) groups is 1. The minimum absolute atomic E-state index is 0.0989. The summed E-state index contributed by atoms with van der Waals surface area (Å²) in [6.07, 6.45) is 8.68. The Balaban J connectivity index is 1.21. The van der Waals surface area contributed by atoms with Crippen LogP contribution in [0.4, 0.5) is 4.79 Å². The van der Waals surface area contributed by atoms with Crippen molar-refractivity contribution in [2.45, 2.75) is 61.3 Å². The van der Waals surface area contributed by atoms with Crippen LogP contribution in [0.3, 0.4) is 0 Å². The van der Waals surface area contributed by atoms with E-state index in [4.69, 9.17) is 0 Å². The van der Waals surface area contributed by atoms with Gasteiger partial charge in [-0.2, -0.15) is 0 Å². The average Bonchev–Trinajstić information content (AvgIpc) is 2.66. The number of imide groups is 1. The van der Waals surface area contributed by atoms with E-state index >= 15 is 0 Å². The lowest BCUT2D eigenvalue weighted by Gasteiger charge is -2.56. The molecule has 152 valence electrons.